The van der Waals surface area contributed by atoms with E-state index in [0.29, 0.717) is 11.8 Å². The van der Waals surface area contributed by atoms with Gasteiger partial charge < -0.3 is 9.40 Å². The molecule has 3 rings (SSSR count). The van der Waals surface area contributed by atoms with E-state index in [9.17, 15) is 0 Å². The lowest BCUT2D eigenvalue weighted by Crippen LogP contribution is -1.88. The van der Waals surface area contributed by atoms with E-state index < -0.39 is 0 Å². The first-order valence-corrected chi connectivity index (χ1v) is 6.48. The van der Waals surface area contributed by atoms with Gasteiger partial charge in [-0.3, -0.25) is 0 Å². The molecule has 0 fully saturated rings. The summed E-state index contributed by atoms with van der Waals surface area (Å²) in [6, 6.07) is 6.16. The summed E-state index contributed by atoms with van der Waals surface area (Å²) in [6.07, 6.45) is 0. The van der Waals surface area contributed by atoms with Crippen molar-refractivity contribution in [2.24, 2.45) is 0 Å². The maximum atomic E-state index is 5.86. The number of nitrogens with zero attached hydrogens (tertiary/aromatic N) is 1. The first-order valence-electron chi connectivity index (χ1n) is 6.48. The fourth-order valence-electron chi connectivity index (χ4n) is 2.19. The molecule has 0 saturated carbocycles. The molecule has 94 valence electrons. The van der Waals surface area contributed by atoms with Crippen LogP contribution in [0.5, 0.6) is 0 Å². The van der Waals surface area contributed by atoms with Crippen LogP contribution in [0.2, 0.25) is 0 Å². The molecule has 0 atom stereocenters. The topological polar surface area (TPSA) is 41.8 Å². The van der Waals surface area contributed by atoms with Crippen molar-refractivity contribution < 1.29 is 4.42 Å². The molecular formula is C15H18N2O. The Morgan fingerprint density at radius 2 is 1.89 bits per heavy atom. The first-order chi connectivity index (χ1) is 8.56. The Morgan fingerprint density at radius 3 is 2.56 bits per heavy atom. The third-order valence-corrected chi connectivity index (χ3v) is 3.31. The average Bonchev–Trinajstić information content (AvgIpc) is 2.91. The van der Waals surface area contributed by atoms with Gasteiger partial charge in [-0.2, -0.15) is 0 Å². The van der Waals surface area contributed by atoms with E-state index >= 15 is 0 Å². The molecule has 1 aromatic carbocycles. The van der Waals surface area contributed by atoms with Crippen molar-refractivity contribution in [2.75, 3.05) is 0 Å². The second-order valence-electron chi connectivity index (χ2n) is 5.45. The lowest BCUT2D eigenvalue weighted by Gasteiger charge is -1.96. The van der Waals surface area contributed by atoms with E-state index in [1.807, 2.05) is 12.1 Å². The maximum Gasteiger partial charge on any atom is 0.136 e. The van der Waals surface area contributed by atoms with Crippen molar-refractivity contribution in [1.29, 1.82) is 0 Å². The van der Waals surface area contributed by atoms with Crippen molar-refractivity contribution in [3.8, 4) is 0 Å². The highest BCUT2D eigenvalue weighted by atomic mass is 16.3. The molecule has 0 unspecified atom stereocenters. The molecule has 0 aliphatic heterocycles. The van der Waals surface area contributed by atoms with Gasteiger partial charge in [-0.1, -0.05) is 27.7 Å². The number of imidazole rings is 1. The zero-order valence-corrected chi connectivity index (χ0v) is 11.2. The highest BCUT2D eigenvalue weighted by molar-refractivity contribution is 6.02. The molecule has 0 amide bonds. The SMILES string of the molecule is CC(C)c1nc2ccc3oc(C(C)C)cc3c2[nH]1. The minimum absolute atomic E-state index is 0.403. The molecule has 0 spiro atoms. The van der Waals surface area contributed by atoms with Crippen LogP contribution in [0.25, 0.3) is 22.0 Å². The zero-order chi connectivity index (χ0) is 12.9. The van der Waals surface area contributed by atoms with E-state index in [1.54, 1.807) is 0 Å². The summed E-state index contributed by atoms with van der Waals surface area (Å²) in [5, 5.41) is 1.13. The molecule has 0 radical (unpaired) electrons. The molecule has 3 nitrogen and oxygen atoms in total. The summed E-state index contributed by atoms with van der Waals surface area (Å²) >= 11 is 0. The van der Waals surface area contributed by atoms with Gasteiger partial charge in [0.1, 0.15) is 17.2 Å². The van der Waals surface area contributed by atoms with Gasteiger partial charge >= 0.3 is 0 Å². The first kappa shape index (κ1) is 11.3. The third-order valence-electron chi connectivity index (χ3n) is 3.31. The average molecular weight is 242 g/mol. The van der Waals surface area contributed by atoms with Crippen LogP contribution in [0.15, 0.2) is 22.6 Å². The monoisotopic (exact) mass is 242 g/mol. The van der Waals surface area contributed by atoms with Gasteiger partial charge in [-0.05, 0) is 18.2 Å². The minimum atomic E-state index is 0.403. The Balaban J connectivity index is 2.30. The fraction of sp³-hybridized carbons (Fsp3) is 0.400. The molecule has 3 heteroatoms. The summed E-state index contributed by atoms with van der Waals surface area (Å²) in [6.45, 7) is 8.57. The number of hydrogen-bond acceptors (Lipinski definition) is 2. The normalized spacial score (nSPS) is 12.3. The number of nitrogens with one attached hydrogen (secondary N) is 1. The van der Waals surface area contributed by atoms with E-state index in [0.717, 1.165) is 33.6 Å². The smallest absolute Gasteiger partial charge is 0.136 e. The number of H-pyrrole nitrogens is 1. The van der Waals surface area contributed by atoms with Gasteiger partial charge in [0, 0.05) is 17.2 Å². The number of rotatable bonds is 2. The van der Waals surface area contributed by atoms with Crippen LogP contribution in [0.1, 0.15) is 51.1 Å². The Kier molecular flexibility index (Phi) is 2.44. The molecule has 0 saturated heterocycles. The number of fused-ring (bicyclic) bond motifs is 3. The lowest BCUT2D eigenvalue weighted by atomic mass is 10.1. The molecule has 18 heavy (non-hydrogen) atoms. The number of furan rings is 1. The van der Waals surface area contributed by atoms with Crippen molar-refractivity contribution in [2.45, 2.75) is 39.5 Å². The fourth-order valence-corrected chi connectivity index (χ4v) is 2.19. The van der Waals surface area contributed by atoms with Crippen molar-refractivity contribution in [1.82, 2.24) is 9.97 Å². The highest BCUT2D eigenvalue weighted by Gasteiger charge is 2.13. The lowest BCUT2D eigenvalue weighted by molar-refractivity contribution is 0.522. The standard InChI is InChI=1S/C15H18N2O/c1-8(2)13-7-10-12(18-13)6-5-11-14(10)17-15(16-11)9(3)4/h5-9H,1-4H3,(H,16,17). The summed E-state index contributed by atoms with van der Waals surface area (Å²) in [5.74, 6) is 2.87. The second kappa shape index (κ2) is 3.87. The van der Waals surface area contributed by atoms with Gasteiger partial charge in [0.05, 0.1) is 11.0 Å². The quantitative estimate of drug-likeness (QED) is 0.716. The summed E-state index contributed by atoms with van der Waals surface area (Å²) in [7, 11) is 0. The highest BCUT2D eigenvalue weighted by Crippen LogP contribution is 2.30. The van der Waals surface area contributed by atoms with Crippen LogP contribution in [0.3, 0.4) is 0 Å². The van der Waals surface area contributed by atoms with Gasteiger partial charge in [-0.15, -0.1) is 0 Å². The predicted octanol–water partition coefficient (Wildman–Crippen LogP) is 4.56. The molecule has 0 aliphatic rings. The molecule has 0 aliphatic carbocycles. The Labute approximate surface area is 106 Å². The molecular weight excluding hydrogens is 224 g/mol. The van der Waals surface area contributed by atoms with Gasteiger partial charge in [0.25, 0.3) is 0 Å². The van der Waals surface area contributed by atoms with Gasteiger partial charge in [0.2, 0.25) is 0 Å². The van der Waals surface area contributed by atoms with E-state index in [2.05, 4.69) is 43.7 Å². The van der Waals surface area contributed by atoms with Crippen LogP contribution in [-0.4, -0.2) is 9.97 Å². The maximum absolute atomic E-state index is 5.86. The van der Waals surface area contributed by atoms with E-state index in [-0.39, 0.29) is 0 Å². The molecule has 2 heterocycles. The Morgan fingerprint density at radius 1 is 1.11 bits per heavy atom. The van der Waals surface area contributed by atoms with Crippen LogP contribution >= 0.6 is 0 Å². The zero-order valence-electron chi connectivity index (χ0n) is 11.2. The number of benzene rings is 1. The Bertz CT molecular complexity index is 642. The van der Waals surface area contributed by atoms with Crippen LogP contribution in [0.4, 0.5) is 0 Å². The summed E-state index contributed by atoms with van der Waals surface area (Å²) < 4.78 is 5.86. The number of aromatic nitrogens is 2. The predicted molar refractivity (Wildman–Crippen MR) is 74.0 cm³/mol. The molecule has 3 aromatic rings. The van der Waals surface area contributed by atoms with Crippen LogP contribution in [-0.2, 0) is 0 Å². The second-order valence-corrected chi connectivity index (χ2v) is 5.45. The van der Waals surface area contributed by atoms with Gasteiger partial charge in [0.15, 0.2) is 0 Å². The largest absolute Gasteiger partial charge is 0.461 e. The third kappa shape index (κ3) is 1.62. The Hall–Kier alpha value is -1.77. The summed E-state index contributed by atoms with van der Waals surface area (Å²) in [5.41, 5.74) is 3.04. The van der Waals surface area contributed by atoms with Gasteiger partial charge in [-0.25, -0.2) is 4.98 Å². The van der Waals surface area contributed by atoms with Crippen molar-refractivity contribution in [3.05, 3.63) is 29.8 Å². The van der Waals surface area contributed by atoms with Crippen molar-refractivity contribution >= 4 is 22.0 Å². The van der Waals surface area contributed by atoms with Crippen molar-refractivity contribution in [3.63, 3.8) is 0 Å². The molecule has 0 bridgehead atoms. The molecule has 1 N–H and O–H groups in total. The van der Waals surface area contributed by atoms with E-state index in [4.69, 9.17) is 4.42 Å². The van der Waals surface area contributed by atoms with E-state index in [1.165, 1.54) is 0 Å². The minimum Gasteiger partial charge on any atom is -0.461 e. The van der Waals surface area contributed by atoms with Crippen LogP contribution < -0.4 is 0 Å². The molecule has 2 aromatic heterocycles. The van der Waals surface area contributed by atoms with Crippen LogP contribution in [0, 0.1) is 0 Å². The number of aromatic amines is 1. The summed E-state index contributed by atoms with van der Waals surface area (Å²) in [4.78, 5) is 8.04. The number of hydrogen-bond donors (Lipinski definition) is 1.